The summed E-state index contributed by atoms with van der Waals surface area (Å²) >= 11 is 0. The topological polar surface area (TPSA) is 63.8 Å². The van der Waals surface area contributed by atoms with Crippen LogP contribution < -0.4 is 11.1 Å². The molecular weight excluding hydrogens is 176 g/mol. The Labute approximate surface area is 85.0 Å². The molecule has 0 unspecified atom stereocenters. The molecule has 3 N–H and O–H groups in total. The molecule has 0 aliphatic carbocycles. The lowest BCUT2D eigenvalue weighted by Crippen LogP contribution is -2.11. The average molecular weight is 194 g/mol. The summed E-state index contributed by atoms with van der Waals surface area (Å²) in [6.45, 7) is 5.59. The van der Waals surface area contributed by atoms with Crippen molar-refractivity contribution in [2.45, 2.75) is 26.7 Å². The maximum absolute atomic E-state index is 5.42. The number of aromatic nitrogens is 2. The highest BCUT2D eigenvalue weighted by Crippen LogP contribution is 2.11. The molecule has 78 valence electrons. The molecule has 0 aliphatic heterocycles. The van der Waals surface area contributed by atoms with Gasteiger partial charge in [0.15, 0.2) is 0 Å². The molecule has 0 radical (unpaired) electrons. The standard InChI is InChI=1S/C10H18N4/c1-3-9-10(12-6-4-5-11)7-13-8(2)14-9/h7,12H,3-6,11H2,1-2H3. The normalized spacial score (nSPS) is 10.2. The number of anilines is 1. The first-order chi connectivity index (χ1) is 6.77. The fourth-order valence-corrected chi connectivity index (χ4v) is 1.26. The van der Waals surface area contributed by atoms with Crippen molar-refractivity contribution in [3.05, 3.63) is 17.7 Å². The van der Waals surface area contributed by atoms with E-state index in [1.165, 1.54) is 0 Å². The van der Waals surface area contributed by atoms with Gasteiger partial charge in [0.1, 0.15) is 5.82 Å². The number of rotatable bonds is 5. The second-order valence-electron chi connectivity index (χ2n) is 3.20. The van der Waals surface area contributed by atoms with Crippen LogP contribution in [-0.4, -0.2) is 23.1 Å². The summed E-state index contributed by atoms with van der Waals surface area (Å²) in [5, 5.41) is 3.29. The summed E-state index contributed by atoms with van der Waals surface area (Å²) in [7, 11) is 0. The molecule has 1 rings (SSSR count). The number of hydrogen-bond donors (Lipinski definition) is 2. The fourth-order valence-electron chi connectivity index (χ4n) is 1.26. The molecule has 1 aromatic heterocycles. The Morgan fingerprint density at radius 1 is 1.50 bits per heavy atom. The summed E-state index contributed by atoms with van der Waals surface area (Å²) in [6.07, 6.45) is 3.74. The second kappa shape index (κ2) is 5.54. The predicted octanol–water partition coefficient (Wildman–Crippen LogP) is 1.11. The highest BCUT2D eigenvalue weighted by molar-refractivity contribution is 5.45. The minimum atomic E-state index is 0.710. The quantitative estimate of drug-likeness (QED) is 0.689. The Hall–Kier alpha value is -1.16. The minimum Gasteiger partial charge on any atom is -0.382 e. The number of hydrogen-bond acceptors (Lipinski definition) is 4. The van der Waals surface area contributed by atoms with Gasteiger partial charge in [-0.25, -0.2) is 9.97 Å². The molecule has 0 spiro atoms. The average Bonchev–Trinajstić information content (AvgIpc) is 2.20. The molecule has 0 saturated heterocycles. The van der Waals surface area contributed by atoms with Gasteiger partial charge in [0.25, 0.3) is 0 Å². The molecular formula is C10H18N4. The van der Waals surface area contributed by atoms with Crippen LogP contribution in [0, 0.1) is 6.92 Å². The van der Waals surface area contributed by atoms with E-state index in [9.17, 15) is 0 Å². The van der Waals surface area contributed by atoms with Gasteiger partial charge in [-0.3, -0.25) is 0 Å². The van der Waals surface area contributed by atoms with Gasteiger partial charge < -0.3 is 11.1 Å². The third-order valence-corrected chi connectivity index (χ3v) is 2.02. The van der Waals surface area contributed by atoms with Crippen LogP contribution in [0.1, 0.15) is 24.9 Å². The largest absolute Gasteiger partial charge is 0.382 e. The fraction of sp³-hybridized carbons (Fsp3) is 0.600. The third-order valence-electron chi connectivity index (χ3n) is 2.02. The van der Waals surface area contributed by atoms with Crippen molar-refractivity contribution in [1.29, 1.82) is 0 Å². The third kappa shape index (κ3) is 2.96. The minimum absolute atomic E-state index is 0.710. The van der Waals surface area contributed by atoms with Gasteiger partial charge in [0.05, 0.1) is 17.6 Å². The molecule has 1 aromatic rings. The zero-order chi connectivity index (χ0) is 10.4. The van der Waals surface area contributed by atoms with Crippen molar-refractivity contribution in [1.82, 2.24) is 9.97 Å². The highest BCUT2D eigenvalue weighted by Gasteiger charge is 2.02. The van der Waals surface area contributed by atoms with E-state index in [1.54, 1.807) is 0 Å². The van der Waals surface area contributed by atoms with E-state index in [4.69, 9.17) is 5.73 Å². The van der Waals surface area contributed by atoms with E-state index in [0.29, 0.717) is 6.54 Å². The molecule has 4 nitrogen and oxygen atoms in total. The van der Waals surface area contributed by atoms with Gasteiger partial charge in [-0.15, -0.1) is 0 Å². The van der Waals surface area contributed by atoms with E-state index in [1.807, 2.05) is 13.1 Å². The lowest BCUT2D eigenvalue weighted by Gasteiger charge is -2.09. The van der Waals surface area contributed by atoms with Crippen LogP contribution in [0.2, 0.25) is 0 Å². The van der Waals surface area contributed by atoms with Crippen molar-refractivity contribution in [3.8, 4) is 0 Å². The maximum atomic E-state index is 5.42. The Bertz CT molecular complexity index is 285. The zero-order valence-electron chi connectivity index (χ0n) is 8.88. The van der Waals surface area contributed by atoms with Crippen LogP contribution in [-0.2, 0) is 6.42 Å². The van der Waals surface area contributed by atoms with Crippen LogP contribution in [0.5, 0.6) is 0 Å². The molecule has 4 heteroatoms. The van der Waals surface area contributed by atoms with Gasteiger partial charge in [0.2, 0.25) is 0 Å². The molecule has 1 heterocycles. The molecule has 0 amide bonds. The summed E-state index contributed by atoms with van der Waals surface area (Å²) in [6, 6.07) is 0. The SMILES string of the molecule is CCc1nc(C)ncc1NCCCN. The molecule has 0 atom stereocenters. The van der Waals surface area contributed by atoms with Gasteiger partial charge in [-0.2, -0.15) is 0 Å². The van der Waals surface area contributed by atoms with Gasteiger partial charge >= 0.3 is 0 Å². The Balaban J connectivity index is 2.65. The van der Waals surface area contributed by atoms with Crippen LogP contribution in [0.3, 0.4) is 0 Å². The summed E-state index contributed by atoms with van der Waals surface area (Å²) in [4.78, 5) is 8.53. The number of nitrogens with two attached hydrogens (primary N) is 1. The number of aryl methyl sites for hydroxylation is 2. The highest BCUT2D eigenvalue weighted by atomic mass is 15.0. The van der Waals surface area contributed by atoms with E-state index >= 15 is 0 Å². The second-order valence-corrected chi connectivity index (χ2v) is 3.20. The number of nitrogens with one attached hydrogen (secondary N) is 1. The van der Waals surface area contributed by atoms with Crippen LogP contribution in [0.4, 0.5) is 5.69 Å². The van der Waals surface area contributed by atoms with Crippen LogP contribution >= 0.6 is 0 Å². The van der Waals surface area contributed by atoms with Crippen LogP contribution in [0.25, 0.3) is 0 Å². The van der Waals surface area contributed by atoms with Crippen molar-refractivity contribution in [2.24, 2.45) is 5.73 Å². The monoisotopic (exact) mass is 194 g/mol. The molecule has 0 aromatic carbocycles. The first-order valence-electron chi connectivity index (χ1n) is 5.04. The Morgan fingerprint density at radius 3 is 2.93 bits per heavy atom. The first-order valence-corrected chi connectivity index (χ1v) is 5.04. The Kier molecular flexibility index (Phi) is 4.32. The maximum Gasteiger partial charge on any atom is 0.125 e. The molecule has 14 heavy (non-hydrogen) atoms. The molecule has 0 saturated carbocycles. The first kappa shape index (κ1) is 10.9. The van der Waals surface area contributed by atoms with Crippen molar-refractivity contribution in [3.63, 3.8) is 0 Å². The van der Waals surface area contributed by atoms with Crippen molar-refractivity contribution in [2.75, 3.05) is 18.4 Å². The summed E-state index contributed by atoms with van der Waals surface area (Å²) < 4.78 is 0. The lowest BCUT2D eigenvalue weighted by atomic mass is 10.2. The van der Waals surface area contributed by atoms with Crippen molar-refractivity contribution >= 4 is 5.69 Å². The van der Waals surface area contributed by atoms with Gasteiger partial charge in [-0.05, 0) is 26.3 Å². The number of nitrogens with zero attached hydrogens (tertiary/aromatic N) is 2. The van der Waals surface area contributed by atoms with E-state index < -0.39 is 0 Å². The van der Waals surface area contributed by atoms with Gasteiger partial charge in [-0.1, -0.05) is 6.92 Å². The van der Waals surface area contributed by atoms with Crippen molar-refractivity contribution < 1.29 is 0 Å². The van der Waals surface area contributed by atoms with Crippen LogP contribution in [0.15, 0.2) is 6.20 Å². The van der Waals surface area contributed by atoms with E-state index in [0.717, 1.165) is 36.6 Å². The van der Waals surface area contributed by atoms with E-state index in [2.05, 4.69) is 22.2 Å². The molecule has 0 aliphatic rings. The predicted molar refractivity (Wildman–Crippen MR) is 58.3 cm³/mol. The van der Waals surface area contributed by atoms with Gasteiger partial charge in [0, 0.05) is 6.54 Å². The molecule has 0 bridgehead atoms. The zero-order valence-corrected chi connectivity index (χ0v) is 8.88. The lowest BCUT2D eigenvalue weighted by molar-refractivity contribution is 0.863. The Morgan fingerprint density at radius 2 is 2.29 bits per heavy atom. The molecule has 0 fully saturated rings. The van der Waals surface area contributed by atoms with E-state index in [-0.39, 0.29) is 0 Å². The summed E-state index contributed by atoms with van der Waals surface area (Å²) in [5.74, 6) is 0.825. The smallest absolute Gasteiger partial charge is 0.125 e. The summed E-state index contributed by atoms with van der Waals surface area (Å²) in [5.41, 5.74) is 7.53.